The number of carbonyl (C=O) groups excluding carboxylic acids is 2. The van der Waals surface area contributed by atoms with Gasteiger partial charge in [0, 0.05) is 6.20 Å². The average Bonchev–Trinajstić information content (AvgIpc) is 2.53. The van der Waals surface area contributed by atoms with Crippen molar-refractivity contribution in [3.63, 3.8) is 0 Å². The van der Waals surface area contributed by atoms with Crippen LogP contribution in [0.3, 0.4) is 0 Å². The van der Waals surface area contributed by atoms with Crippen molar-refractivity contribution in [1.29, 1.82) is 0 Å². The molecule has 0 saturated heterocycles. The molecule has 6 nitrogen and oxygen atoms in total. The van der Waals surface area contributed by atoms with Crippen LogP contribution in [0.2, 0.25) is 0 Å². The van der Waals surface area contributed by atoms with Gasteiger partial charge in [-0.05, 0) is 6.07 Å². The Hall–Kier alpha value is -1.98. The molecule has 2 rings (SSSR count). The Morgan fingerprint density at radius 2 is 2.31 bits per heavy atom. The van der Waals surface area contributed by atoms with Crippen LogP contribution < -0.4 is 16.0 Å². The second-order valence-corrected chi connectivity index (χ2v) is 2.55. The molecule has 13 heavy (non-hydrogen) atoms. The summed E-state index contributed by atoms with van der Waals surface area (Å²) in [7, 11) is 0. The Balaban J connectivity index is 2.46. The fourth-order valence-corrected chi connectivity index (χ4v) is 1.18. The molecule has 6 heteroatoms. The molecule has 2 heterocycles. The lowest BCUT2D eigenvalue weighted by atomic mass is 10.2. The summed E-state index contributed by atoms with van der Waals surface area (Å²) in [5.74, 6) is 0.144. The lowest BCUT2D eigenvalue weighted by molar-refractivity contribution is 0.0960. The minimum absolute atomic E-state index is 0.256. The highest BCUT2D eigenvalue weighted by molar-refractivity contribution is 6.07. The molecule has 1 radical (unpaired) electrons. The van der Waals surface area contributed by atoms with Gasteiger partial charge in [-0.15, -0.1) is 0 Å². The Labute approximate surface area is 73.7 Å². The van der Waals surface area contributed by atoms with Crippen molar-refractivity contribution in [2.24, 2.45) is 5.73 Å². The van der Waals surface area contributed by atoms with Crippen molar-refractivity contribution >= 4 is 17.8 Å². The molecule has 4 N–H and O–H groups in total. The maximum Gasteiger partial charge on any atom is 0.322 e. The van der Waals surface area contributed by atoms with Crippen LogP contribution in [-0.4, -0.2) is 16.9 Å². The van der Waals surface area contributed by atoms with E-state index in [4.69, 9.17) is 5.73 Å². The van der Waals surface area contributed by atoms with Gasteiger partial charge in [-0.25, -0.2) is 4.79 Å². The van der Waals surface area contributed by atoms with E-state index in [9.17, 15) is 9.59 Å². The number of amides is 3. The van der Waals surface area contributed by atoms with Crippen molar-refractivity contribution in [2.75, 3.05) is 4.90 Å². The number of anilines is 1. The van der Waals surface area contributed by atoms with E-state index >= 15 is 0 Å². The van der Waals surface area contributed by atoms with Crippen LogP contribution >= 0.6 is 0 Å². The quantitative estimate of drug-likeness (QED) is 0.513. The first kappa shape index (κ1) is 7.66. The summed E-state index contributed by atoms with van der Waals surface area (Å²) in [5, 5.41) is 2.40. The van der Waals surface area contributed by atoms with Gasteiger partial charge in [-0.1, -0.05) is 0 Å². The van der Waals surface area contributed by atoms with Gasteiger partial charge in [0.2, 0.25) is 0 Å². The average molecular weight is 179 g/mol. The zero-order valence-electron chi connectivity index (χ0n) is 6.57. The Kier molecular flexibility index (Phi) is 1.48. The Morgan fingerprint density at radius 3 is 3.00 bits per heavy atom. The van der Waals surface area contributed by atoms with Crippen molar-refractivity contribution in [3.8, 4) is 0 Å². The van der Waals surface area contributed by atoms with E-state index in [1.165, 1.54) is 6.67 Å². The highest BCUT2D eigenvalue weighted by Crippen LogP contribution is 2.22. The van der Waals surface area contributed by atoms with E-state index in [0.29, 0.717) is 11.4 Å². The van der Waals surface area contributed by atoms with Crippen LogP contribution in [0.15, 0.2) is 12.3 Å². The van der Waals surface area contributed by atoms with Crippen LogP contribution in [0.1, 0.15) is 10.4 Å². The fraction of sp³-hybridized carbons (Fsp3) is 0. The molecular formula is C7H7N4O2. The zero-order chi connectivity index (χ0) is 9.42. The fourth-order valence-electron chi connectivity index (χ4n) is 1.18. The van der Waals surface area contributed by atoms with Gasteiger partial charge in [-0.2, -0.15) is 0 Å². The second kappa shape index (κ2) is 2.51. The monoisotopic (exact) mass is 179 g/mol. The molecule has 0 bridgehead atoms. The van der Waals surface area contributed by atoms with Gasteiger partial charge in [0.15, 0.2) is 6.67 Å². The van der Waals surface area contributed by atoms with Crippen LogP contribution in [0, 0.1) is 6.67 Å². The number of hydrogen-bond donors (Lipinski definition) is 3. The molecule has 1 aromatic rings. The number of rotatable bonds is 0. The normalized spacial score (nSPS) is 15.1. The molecule has 0 fully saturated rings. The van der Waals surface area contributed by atoms with Gasteiger partial charge >= 0.3 is 6.03 Å². The maximum absolute atomic E-state index is 11.2. The topological polar surface area (TPSA) is 91.2 Å². The third-order valence-electron chi connectivity index (χ3n) is 1.77. The summed E-state index contributed by atoms with van der Waals surface area (Å²) in [4.78, 5) is 25.9. The molecule has 0 aromatic carbocycles. The van der Waals surface area contributed by atoms with Crippen LogP contribution in [0.25, 0.3) is 0 Å². The van der Waals surface area contributed by atoms with Gasteiger partial charge in [0.25, 0.3) is 5.91 Å². The summed E-state index contributed by atoms with van der Waals surface area (Å²) in [6.07, 6.45) is 1.57. The number of fused-ring (bicyclic) bond motifs is 1. The van der Waals surface area contributed by atoms with Crippen LogP contribution in [0.5, 0.6) is 0 Å². The zero-order valence-corrected chi connectivity index (χ0v) is 6.57. The van der Waals surface area contributed by atoms with E-state index in [-0.39, 0.29) is 5.91 Å². The summed E-state index contributed by atoms with van der Waals surface area (Å²) < 4.78 is 0. The first-order valence-corrected chi connectivity index (χ1v) is 3.60. The molecule has 0 spiro atoms. The molecule has 3 amide bonds. The van der Waals surface area contributed by atoms with E-state index < -0.39 is 6.03 Å². The molecule has 0 aliphatic carbocycles. The SMILES string of the molecule is NC(=O)N1[CH]NC(=O)c2cc[nH]c21. The smallest absolute Gasteiger partial charge is 0.322 e. The molecule has 1 aromatic heterocycles. The Bertz CT molecular complexity index is 370. The first-order valence-electron chi connectivity index (χ1n) is 3.60. The second-order valence-electron chi connectivity index (χ2n) is 2.55. The lowest BCUT2D eigenvalue weighted by Gasteiger charge is -2.23. The number of hydrogen-bond acceptors (Lipinski definition) is 2. The molecule has 67 valence electrons. The maximum atomic E-state index is 11.2. The van der Waals surface area contributed by atoms with Gasteiger partial charge in [0.05, 0.1) is 5.56 Å². The number of carbonyl (C=O) groups is 2. The van der Waals surface area contributed by atoms with Crippen molar-refractivity contribution in [1.82, 2.24) is 10.3 Å². The number of aromatic amines is 1. The van der Waals surface area contributed by atoms with Gasteiger partial charge < -0.3 is 16.0 Å². The summed E-state index contributed by atoms with van der Waals surface area (Å²) in [5.41, 5.74) is 5.48. The number of primary amides is 1. The first-order chi connectivity index (χ1) is 6.20. The predicted molar refractivity (Wildman–Crippen MR) is 44.6 cm³/mol. The van der Waals surface area contributed by atoms with Crippen molar-refractivity contribution in [2.45, 2.75) is 0 Å². The number of nitrogens with zero attached hydrogens (tertiary/aromatic N) is 1. The number of urea groups is 1. The summed E-state index contributed by atoms with van der Waals surface area (Å²) in [6, 6.07) is 0.928. The third-order valence-corrected chi connectivity index (χ3v) is 1.77. The minimum atomic E-state index is -0.649. The van der Waals surface area contributed by atoms with Crippen molar-refractivity contribution in [3.05, 3.63) is 24.5 Å². The number of aromatic nitrogens is 1. The third kappa shape index (κ3) is 1.03. The van der Waals surface area contributed by atoms with E-state index in [1.807, 2.05) is 0 Å². The number of nitrogens with one attached hydrogen (secondary N) is 2. The highest BCUT2D eigenvalue weighted by atomic mass is 16.2. The molecule has 0 saturated carbocycles. The molecule has 0 unspecified atom stereocenters. The molecule has 1 aliphatic heterocycles. The molecular weight excluding hydrogens is 172 g/mol. The van der Waals surface area contributed by atoms with Crippen molar-refractivity contribution < 1.29 is 9.59 Å². The highest BCUT2D eigenvalue weighted by Gasteiger charge is 2.26. The lowest BCUT2D eigenvalue weighted by Crippen LogP contribution is -2.44. The van der Waals surface area contributed by atoms with Gasteiger partial charge in [-0.3, -0.25) is 9.69 Å². The molecule has 1 aliphatic rings. The largest absolute Gasteiger partial charge is 0.351 e. The molecule has 0 atom stereocenters. The van der Waals surface area contributed by atoms with Crippen LogP contribution in [0.4, 0.5) is 10.6 Å². The predicted octanol–water partition coefficient (Wildman–Crippen LogP) is -0.238. The number of H-pyrrole nitrogens is 1. The van der Waals surface area contributed by atoms with E-state index in [0.717, 1.165) is 4.90 Å². The van der Waals surface area contributed by atoms with Crippen LogP contribution in [-0.2, 0) is 0 Å². The number of nitrogens with two attached hydrogens (primary N) is 1. The van der Waals surface area contributed by atoms with E-state index in [1.54, 1.807) is 12.3 Å². The summed E-state index contributed by atoms with van der Waals surface area (Å²) in [6.45, 7) is 1.23. The Morgan fingerprint density at radius 1 is 1.54 bits per heavy atom. The summed E-state index contributed by atoms with van der Waals surface area (Å²) >= 11 is 0. The van der Waals surface area contributed by atoms with Gasteiger partial charge in [0.1, 0.15) is 5.82 Å². The standard InChI is InChI=1S/C7H7N4O2/c8-7(13)11-3-10-6(12)4-1-2-9-5(4)11/h1-3,9H,(H2,8,13)(H,10,12). The van der Waals surface area contributed by atoms with E-state index in [2.05, 4.69) is 10.3 Å². The minimum Gasteiger partial charge on any atom is -0.351 e.